The maximum atomic E-state index is 12.1. The number of hydrogen-bond donors (Lipinski definition) is 1. The molecule has 1 heterocycles. The molecule has 3 nitrogen and oxygen atoms in total. The Morgan fingerprint density at radius 2 is 2.22 bits per heavy atom. The van der Waals surface area contributed by atoms with E-state index in [0.29, 0.717) is 5.13 Å². The molecule has 18 heavy (non-hydrogen) atoms. The summed E-state index contributed by atoms with van der Waals surface area (Å²) in [6.45, 7) is 2.02. The van der Waals surface area contributed by atoms with E-state index in [0.717, 1.165) is 11.3 Å². The van der Waals surface area contributed by atoms with E-state index in [2.05, 4.69) is 10.3 Å². The minimum atomic E-state index is -0.0868. The van der Waals surface area contributed by atoms with Crippen molar-refractivity contribution in [1.29, 1.82) is 0 Å². The molecule has 1 N–H and O–H groups in total. The molecule has 0 spiro atoms. The van der Waals surface area contributed by atoms with Crippen LogP contribution in [0.1, 0.15) is 13.3 Å². The van der Waals surface area contributed by atoms with E-state index in [4.69, 9.17) is 0 Å². The Labute approximate surface area is 115 Å². The maximum absolute atomic E-state index is 12.1. The quantitative estimate of drug-likeness (QED) is 0.849. The monoisotopic (exact) mass is 278 g/mol. The number of nitrogens with one attached hydrogen (secondary N) is 1. The normalized spacial score (nSPS) is 12.1. The Balaban J connectivity index is 1.98. The van der Waals surface area contributed by atoms with E-state index in [1.54, 1.807) is 18.0 Å². The van der Waals surface area contributed by atoms with Gasteiger partial charge in [0.15, 0.2) is 5.13 Å². The molecule has 0 saturated carbocycles. The molecular weight excluding hydrogens is 264 g/mol. The van der Waals surface area contributed by atoms with Gasteiger partial charge in [-0.25, -0.2) is 4.98 Å². The molecule has 0 aliphatic heterocycles. The van der Waals surface area contributed by atoms with Crippen molar-refractivity contribution in [2.45, 2.75) is 23.5 Å². The average molecular weight is 278 g/mol. The Morgan fingerprint density at radius 1 is 1.44 bits per heavy atom. The summed E-state index contributed by atoms with van der Waals surface area (Å²) in [5, 5.41) is 5.26. The van der Waals surface area contributed by atoms with Crippen LogP contribution >= 0.6 is 23.1 Å². The zero-order chi connectivity index (χ0) is 12.8. The molecule has 1 unspecified atom stereocenters. The second kappa shape index (κ2) is 6.56. The number of carbonyl (C=O) groups excluding carboxylic acids is 1. The smallest absolute Gasteiger partial charge is 0.239 e. The summed E-state index contributed by atoms with van der Waals surface area (Å²) in [5.74, 6) is 0.0151. The molecule has 0 bridgehead atoms. The van der Waals surface area contributed by atoms with Gasteiger partial charge in [-0.2, -0.15) is 0 Å². The third kappa shape index (κ3) is 3.58. The summed E-state index contributed by atoms with van der Waals surface area (Å²) < 4.78 is 0. The van der Waals surface area contributed by atoms with Crippen molar-refractivity contribution in [3.8, 4) is 0 Å². The van der Waals surface area contributed by atoms with Crippen molar-refractivity contribution in [2.75, 3.05) is 5.32 Å². The van der Waals surface area contributed by atoms with Gasteiger partial charge < -0.3 is 5.32 Å². The van der Waals surface area contributed by atoms with Gasteiger partial charge in [0.25, 0.3) is 0 Å². The summed E-state index contributed by atoms with van der Waals surface area (Å²) in [7, 11) is 0. The lowest BCUT2D eigenvalue weighted by atomic mass is 10.3. The van der Waals surface area contributed by atoms with Crippen LogP contribution < -0.4 is 5.32 Å². The molecular formula is C13H14N2OS2. The molecule has 2 aromatic rings. The molecule has 94 valence electrons. The summed E-state index contributed by atoms with van der Waals surface area (Å²) in [6, 6.07) is 9.97. The van der Waals surface area contributed by atoms with Gasteiger partial charge in [-0.15, -0.1) is 23.1 Å². The van der Waals surface area contributed by atoms with Gasteiger partial charge in [0, 0.05) is 16.5 Å². The first-order chi connectivity index (χ1) is 8.79. The molecule has 1 amide bonds. The van der Waals surface area contributed by atoms with Crippen LogP contribution in [0.2, 0.25) is 0 Å². The summed E-state index contributed by atoms with van der Waals surface area (Å²) in [5.41, 5.74) is 0. The topological polar surface area (TPSA) is 42.0 Å². The predicted octanol–water partition coefficient (Wildman–Crippen LogP) is 3.65. The highest BCUT2D eigenvalue weighted by Crippen LogP contribution is 2.26. The first kappa shape index (κ1) is 13.1. The predicted molar refractivity (Wildman–Crippen MR) is 77.1 cm³/mol. The van der Waals surface area contributed by atoms with E-state index in [1.165, 1.54) is 11.3 Å². The molecule has 2 rings (SSSR count). The summed E-state index contributed by atoms with van der Waals surface area (Å²) in [6.07, 6.45) is 2.47. The maximum Gasteiger partial charge on any atom is 0.239 e. The van der Waals surface area contributed by atoms with Crippen molar-refractivity contribution in [3.05, 3.63) is 41.9 Å². The molecule has 0 saturated heterocycles. The van der Waals surface area contributed by atoms with Gasteiger partial charge in [0.1, 0.15) is 0 Å². The number of anilines is 1. The van der Waals surface area contributed by atoms with Crippen LogP contribution in [-0.2, 0) is 4.79 Å². The zero-order valence-electron chi connectivity index (χ0n) is 10.00. The van der Waals surface area contributed by atoms with Gasteiger partial charge in [0.2, 0.25) is 5.91 Å². The third-order valence-corrected chi connectivity index (χ3v) is 4.41. The number of aromatic nitrogens is 1. The molecule has 0 aliphatic rings. The van der Waals surface area contributed by atoms with Crippen molar-refractivity contribution in [2.24, 2.45) is 0 Å². The average Bonchev–Trinajstić information content (AvgIpc) is 2.90. The van der Waals surface area contributed by atoms with Crippen molar-refractivity contribution in [1.82, 2.24) is 4.98 Å². The second-order valence-electron chi connectivity index (χ2n) is 3.65. The molecule has 0 radical (unpaired) electrons. The number of thioether (sulfide) groups is 1. The lowest BCUT2D eigenvalue weighted by molar-refractivity contribution is -0.115. The van der Waals surface area contributed by atoms with E-state index in [9.17, 15) is 4.79 Å². The van der Waals surface area contributed by atoms with Crippen LogP contribution in [0.25, 0.3) is 0 Å². The third-order valence-electron chi connectivity index (χ3n) is 2.35. The molecule has 1 aromatic heterocycles. The Kier molecular flexibility index (Phi) is 4.78. The minimum absolute atomic E-state index is 0.0151. The van der Waals surface area contributed by atoms with Crippen molar-refractivity contribution in [3.63, 3.8) is 0 Å². The number of benzene rings is 1. The lowest BCUT2D eigenvalue weighted by Gasteiger charge is -2.13. The minimum Gasteiger partial charge on any atom is -0.301 e. The van der Waals surface area contributed by atoms with E-state index in [1.807, 2.05) is 42.6 Å². The lowest BCUT2D eigenvalue weighted by Crippen LogP contribution is -2.24. The summed E-state index contributed by atoms with van der Waals surface area (Å²) in [4.78, 5) is 17.2. The first-order valence-corrected chi connectivity index (χ1v) is 7.47. The Morgan fingerprint density at radius 3 is 2.83 bits per heavy atom. The van der Waals surface area contributed by atoms with E-state index < -0.39 is 0 Å². The number of nitrogens with zero attached hydrogens (tertiary/aromatic N) is 1. The molecule has 1 aromatic carbocycles. The van der Waals surface area contributed by atoms with Crippen LogP contribution in [0.3, 0.4) is 0 Å². The van der Waals surface area contributed by atoms with Gasteiger partial charge in [-0.05, 0) is 18.6 Å². The van der Waals surface area contributed by atoms with Crippen molar-refractivity contribution >= 4 is 34.1 Å². The first-order valence-electron chi connectivity index (χ1n) is 5.71. The Hall–Kier alpha value is -1.33. The van der Waals surface area contributed by atoms with Gasteiger partial charge >= 0.3 is 0 Å². The van der Waals surface area contributed by atoms with E-state index >= 15 is 0 Å². The van der Waals surface area contributed by atoms with Crippen LogP contribution in [0.15, 0.2) is 46.8 Å². The fraction of sp³-hybridized carbons (Fsp3) is 0.231. The largest absolute Gasteiger partial charge is 0.301 e. The molecule has 1 atom stereocenters. The number of thiazole rings is 1. The van der Waals surface area contributed by atoms with Crippen molar-refractivity contribution < 1.29 is 4.79 Å². The highest BCUT2D eigenvalue weighted by molar-refractivity contribution is 8.00. The van der Waals surface area contributed by atoms with E-state index in [-0.39, 0.29) is 11.2 Å². The fourth-order valence-corrected chi connectivity index (χ4v) is 2.96. The summed E-state index contributed by atoms with van der Waals surface area (Å²) >= 11 is 3.02. The standard InChI is InChI=1S/C13H14N2OS2/c1-2-11(18-10-6-4-3-5-7-10)12(16)15-13-14-8-9-17-13/h3-9,11H,2H2,1H3,(H,14,15,16). The number of carbonyl (C=O) groups is 1. The highest BCUT2D eigenvalue weighted by Gasteiger charge is 2.18. The number of hydrogen-bond acceptors (Lipinski definition) is 4. The van der Waals surface area contributed by atoms with Crippen LogP contribution in [0.5, 0.6) is 0 Å². The van der Waals surface area contributed by atoms with Crippen LogP contribution in [0.4, 0.5) is 5.13 Å². The molecule has 0 aliphatic carbocycles. The second-order valence-corrected chi connectivity index (χ2v) is 5.83. The molecule has 0 fully saturated rings. The SMILES string of the molecule is CCC(Sc1ccccc1)C(=O)Nc1nccs1. The zero-order valence-corrected chi connectivity index (χ0v) is 11.6. The number of rotatable bonds is 5. The fourth-order valence-electron chi connectivity index (χ4n) is 1.46. The number of amides is 1. The van der Waals surface area contributed by atoms with Crippen LogP contribution in [-0.4, -0.2) is 16.1 Å². The molecule has 5 heteroatoms. The Bertz CT molecular complexity index is 485. The van der Waals surface area contributed by atoms with Gasteiger partial charge in [0.05, 0.1) is 5.25 Å². The van der Waals surface area contributed by atoms with Gasteiger partial charge in [-0.3, -0.25) is 4.79 Å². The highest BCUT2D eigenvalue weighted by atomic mass is 32.2. The van der Waals surface area contributed by atoms with Crippen LogP contribution in [0, 0.1) is 0 Å². The van der Waals surface area contributed by atoms with Gasteiger partial charge in [-0.1, -0.05) is 25.1 Å².